The minimum Gasteiger partial charge on any atom is -0.376 e. The molecule has 5 aromatic rings. The number of fused-ring (bicyclic) bond motifs is 1. The summed E-state index contributed by atoms with van der Waals surface area (Å²) in [6, 6.07) is 17.4. The van der Waals surface area contributed by atoms with Gasteiger partial charge in [-0.25, -0.2) is 8.78 Å². The Balaban J connectivity index is 1.37. The number of nitrogens with zero attached hydrogens (tertiary/aromatic N) is 1. The first-order valence-corrected chi connectivity index (χ1v) is 10.5. The first-order valence-electron chi connectivity index (χ1n) is 10.5. The molecule has 4 aromatic carbocycles. The number of nitrogens with one attached hydrogen (secondary N) is 4. The van der Waals surface area contributed by atoms with E-state index < -0.39 is 22.5 Å². The molecule has 0 fully saturated rings. The Hall–Kier alpha value is -4.86. The zero-order valence-corrected chi connectivity index (χ0v) is 18.0. The van der Waals surface area contributed by atoms with Crippen molar-refractivity contribution in [3.8, 4) is 0 Å². The lowest BCUT2D eigenvalue weighted by molar-refractivity contribution is 0.102. The van der Waals surface area contributed by atoms with Crippen molar-refractivity contribution in [1.82, 2.24) is 10.2 Å². The molecule has 0 spiro atoms. The number of hydrogen-bond acceptors (Lipinski definition) is 6. The average Bonchev–Trinajstić information content (AvgIpc) is 3.27. The zero-order valence-electron chi connectivity index (χ0n) is 18.0. The zero-order chi connectivity index (χ0) is 24.5. The van der Waals surface area contributed by atoms with Crippen LogP contribution in [0.1, 0.15) is 15.9 Å². The van der Waals surface area contributed by atoms with Crippen LogP contribution in [0.3, 0.4) is 0 Å². The van der Waals surface area contributed by atoms with Crippen LogP contribution in [0.5, 0.6) is 0 Å². The molecule has 0 radical (unpaired) electrons. The van der Waals surface area contributed by atoms with Gasteiger partial charge in [0, 0.05) is 28.7 Å². The van der Waals surface area contributed by atoms with E-state index in [2.05, 4.69) is 26.1 Å². The predicted molar refractivity (Wildman–Crippen MR) is 129 cm³/mol. The maximum Gasteiger partial charge on any atom is 0.256 e. The molecule has 0 atom stereocenters. The highest BCUT2D eigenvalue weighted by atomic mass is 19.2. The van der Waals surface area contributed by atoms with E-state index in [1.165, 1.54) is 12.1 Å². The van der Waals surface area contributed by atoms with Gasteiger partial charge in [-0.3, -0.25) is 19.5 Å². The lowest BCUT2D eigenvalue weighted by Gasteiger charge is -2.15. The molecule has 10 heteroatoms. The summed E-state index contributed by atoms with van der Waals surface area (Å²) in [5.41, 5.74) is 0.0643. The van der Waals surface area contributed by atoms with Crippen LogP contribution in [0.15, 0.2) is 76.3 Å². The molecule has 4 N–H and O–H groups in total. The number of anilines is 4. The molecule has 174 valence electrons. The molecule has 0 aliphatic carbocycles. The van der Waals surface area contributed by atoms with E-state index in [1.807, 2.05) is 0 Å². The monoisotopic (exact) mass is 473 g/mol. The minimum absolute atomic E-state index is 0.00419. The molecule has 0 saturated heterocycles. The summed E-state index contributed by atoms with van der Waals surface area (Å²) < 4.78 is 27.3. The van der Waals surface area contributed by atoms with Crippen LogP contribution >= 0.6 is 0 Å². The molecule has 0 unspecified atom stereocenters. The fourth-order valence-corrected chi connectivity index (χ4v) is 3.65. The van der Waals surface area contributed by atoms with Gasteiger partial charge in [-0.15, -0.1) is 0 Å². The summed E-state index contributed by atoms with van der Waals surface area (Å²) in [7, 11) is 0. The van der Waals surface area contributed by atoms with Crippen LogP contribution in [0.4, 0.5) is 31.7 Å². The van der Waals surface area contributed by atoms with Crippen molar-refractivity contribution < 1.29 is 13.6 Å². The van der Waals surface area contributed by atoms with Gasteiger partial charge in [-0.1, -0.05) is 30.3 Å². The number of hydrogen-bond donors (Lipinski definition) is 4. The van der Waals surface area contributed by atoms with Crippen molar-refractivity contribution in [1.29, 1.82) is 0 Å². The Kier molecular flexibility index (Phi) is 5.54. The number of aromatic amines is 1. The third kappa shape index (κ3) is 4.12. The van der Waals surface area contributed by atoms with Crippen molar-refractivity contribution in [2.45, 2.75) is 6.54 Å². The van der Waals surface area contributed by atoms with E-state index in [4.69, 9.17) is 0 Å². The van der Waals surface area contributed by atoms with E-state index in [1.54, 1.807) is 48.5 Å². The summed E-state index contributed by atoms with van der Waals surface area (Å²) in [6.07, 6.45) is 0. The van der Waals surface area contributed by atoms with Gasteiger partial charge in [-0.05, 0) is 36.4 Å². The van der Waals surface area contributed by atoms with E-state index in [-0.39, 0.29) is 29.4 Å². The number of halogens is 2. The number of H-pyrrole nitrogens is 1. The van der Waals surface area contributed by atoms with Crippen LogP contribution in [-0.4, -0.2) is 16.1 Å². The number of benzene rings is 3. The summed E-state index contributed by atoms with van der Waals surface area (Å²) in [5.74, 6) is -2.07. The quantitative estimate of drug-likeness (QED) is 0.265. The Bertz CT molecular complexity index is 1640. The Labute approximate surface area is 196 Å². The molecule has 1 amide bonds. The fourth-order valence-electron chi connectivity index (χ4n) is 3.65. The molecule has 0 aliphatic rings. The maximum atomic E-state index is 13.9. The number of carbonyl (C=O) groups excluding carboxylic acids is 1. The van der Waals surface area contributed by atoms with Gasteiger partial charge < -0.3 is 16.0 Å². The molecule has 5 rings (SSSR count). The second-order valence-corrected chi connectivity index (χ2v) is 7.75. The molecule has 0 bridgehead atoms. The third-order valence-corrected chi connectivity index (χ3v) is 5.50. The first kappa shape index (κ1) is 22.0. The van der Waals surface area contributed by atoms with Gasteiger partial charge in [0.05, 0.1) is 5.52 Å². The largest absolute Gasteiger partial charge is 0.376 e. The average molecular weight is 473 g/mol. The smallest absolute Gasteiger partial charge is 0.256 e. The van der Waals surface area contributed by atoms with Crippen molar-refractivity contribution in [2.24, 2.45) is 0 Å². The van der Waals surface area contributed by atoms with E-state index >= 15 is 0 Å². The molecule has 35 heavy (non-hydrogen) atoms. The van der Waals surface area contributed by atoms with Crippen LogP contribution in [-0.2, 0) is 6.54 Å². The number of aromatic nitrogens is 2. The van der Waals surface area contributed by atoms with Crippen molar-refractivity contribution in [3.63, 3.8) is 0 Å². The number of amides is 1. The molecular weight excluding hydrogens is 456 g/mol. The van der Waals surface area contributed by atoms with E-state index in [0.717, 1.165) is 6.07 Å². The summed E-state index contributed by atoms with van der Waals surface area (Å²) in [6.45, 7) is -0.181. The Morgan fingerprint density at radius 1 is 0.914 bits per heavy atom. The van der Waals surface area contributed by atoms with Crippen LogP contribution in [0.25, 0.3) is 10.9 Å². The Morgan fingerprint density at radius 2 is 1.69 bits per heavy atom. The molecule has 8 nitrogen and oxygen atoms in total. The van der Waals surface area contributed by atoms with Gasteiger partial charge >= 0.3 is 0 Å². The van der Waals surface area contributed by atoms with Crippen LogP contribution < -0.4 is 26.8 Å². The Morgan fingerprint density at radius 3 is 2.49 bits per heavy atom. The highest BCUT2D eigenvalue weighted by Gasteiger charge is 2.22. The van der Waals surface area contributed by atoms with E-state index in [9.17, 15) is 23.2 Å². The number of carbonyl (C=O) groups is 1. The maximum absolute atomic E-state index is 13.9. The fraction of sp³-hybridized carbons (Fsp3) is 0.0400. The van der Waals surface area contributed by atoms with Gasteiger partial charge in [0.15, 0.2) is 17.5 Å². The molecular formula is C25H17F2N5O3. The van der Waals surface area contributed by atoms with Gasteiger partial charge in [0.25, 0.3) is 16.8 Å². The van der Waals surface area contributed by atoms with Crippen molar-refractivity contribution >= 4 is 39.7 Å². The van der Waals surface area contributed by atoms with Crippen molar-refractivity contribution in [3.05, 3.63) is 110 Å². The number of rotatable bonds is 7. The van der Waals surface area contributed by atoms with Crippen LogP contribution in [0, 0.1) is 11.6 Å². The lowest BCUT2D eigenvalue weighted by atomic mass is 10.1. The SMILES string of the molecule is O=C(Nc1n[nH]c2ccc(Nc3c(NCc4cccc(F)c4F)c(=O)c3=O)cc12)c1ccccc1. The molecule has 1 heterocycles. The predicted octanol–water partition coefficient (Wildman–Crippen LogP) is 4.05. The lowest BCUT2D eigenvalue weighted by Crippen LogP contribution is -2.36. The summed E-state index contributed by atoms with van der Waals surface area (Å²) in [4.78, 5) is 36.7. The molecule has 0 aliphatic heterocycles. The molecule has 0 saturated carbocycles. The third-order valence-electron chi connectivity index (χ3n) is 5.50. The normalized spacial score (nSPS) is 11.0. The second kappa shape index (κ2) is 8.82. The van der Waals surface area contributed by atoms with Crippen molar-refractivity contribution in [2.75, 3.05) is 16.0 Å². The van der Waals surface area contributed by atoms with E-state index in [0.29, 0.717) is 28.0 Å². The highest BCUT2D eigenvalue weighted by molar-refractivity contribution is 6.08. The summed E-state index contributed by atoms with van der Waals surface area (Å²) in [5, 5.41) is 15.9. The first-order chi connectivity index (χ1) is 16.9. The molecule has 1 aromatic heterocycles. The van der Waals surface area contributed by atoms with Crippen LogP contribution in [0.2, 0.25) is 0 Å². The topological polar surface area (TPSA) is 116 Å². The standard InChI is InChI=1S/C25H17F2N5O3/c26-17-8-4-7-14(19(17)27)12-28-20-21(23(34)22(20)33)29-15-9-10-18-16(11-15)24(32-31-18)30-25(35)13-5-2-1-3-6-13/h1-11,28-29H,12H2,(H2,30,31,32,35). The minimum atomic E-state index is -1.02. The van der Waals surface area contributed by atoms with Gasteiger partial charge in [0.2, 0.25) is 0 Å². The summed E-state index contributed by atoms with van der Waals surface area (Å²) >= 11 is 0. The second-order valence-electron chi connectivity index (χ2n) is 7.75. The highest BCUT2D eigenvalue weighted by Crippen LogP contribution is 2.28. The van der Waals surface area contributed by atoms with Gasteiger partial charge in [0.1, 0.15) is 11.4 Å². The van der Waals surface area contributed by atoms with Gasteiger partial charge in [-0.2, -0.15) is 5.10 Å².